The highest BCUT2D eigenvalue weighted by molar-refractivity contribution is 5.35. The Balaban J connectivity index is 1.66. The van der Waals surface area contributed by atoms with E-state index in [9.17, 15) is 5.11 Å². The Hall–Kier alpha value is -1.06. The Bertz CT molecular complexity index is 427. The lowest BCUT2D eigenvalue weighted by atomic mass is 10.1. The summed E-state index contributed by atoms with van der Waals surface area (Å²) in [6.07, 6.45) is 4.88. The maximum atomic E-state index is 10.5. The van der Waals surface area contributed by atoms with Gasteiger partial charge in [0.2, 0.25) is 0 Å². The molecule has 3 heteroatoms. The first-order valence-corrected chi connectivity index (χ1v) is 7.33. The van der Waals surface area contributed by atoms with Gasteiger partial charge in [-0.25, -0.2) is 0 Å². The van der Waals surface area contributed by atoms with Crippen LogP contribution in [0.1, 0.15) is 37.4 Å². The molecular formula is C16H23NO2. The molecule has 104 valence electrons. The zero-order chi connectivity index (χ0) is 13.2. The summed E-state index contributed by atoms with van der Waals surface area (Å²) >= 11 is 0. The second kappa shape index (κ2) is 5.51. The molecule has 1 aromatic rings. The summed E-state index contributed by atoms with van der Waals surface area (Å²) in [5.74, 6) is 1.67. The quantitative estimate of drug-likeness (QED) is 0.819. The Labute approximate surface area is 115 Å². The Morgan fingerprint density at radius 3 is 2.63 bits per heavy atom. The van der Waals surface area contributed by atoms with Crippen LogP contribution in [-0.4, -0.2) is 36.2 Å². The van der Waals surface area contributed by atoms with E-state index in [1.165, 1.54) is 25.7 Å². The van der Waals surface area contributed by atoms with E-state index in [2.05, 4.69) is 4.90 Å². The number of aliphatic hydroxyl groups is 1. The molecule has 3 nitrogen and oxygen atoms in total. The van der Waals surface area contributed by atoms with Crippen molar-refractivity contribution < 1.29 is 9.84 Å². The number of nitrogens with zero attached hydrogens (tertiary/aromatic N) is 1. The number of ether oxygens (including phenoxy) is 1. The summed E-state index contributed by atoms with van der Waals surface area (Å²) in [6.45, 7) is 1.90. The van der Waals surface area contributed by atoms with E-state index >= 15 is 0 Å². The molecule has 0 aromatic heterocycles. The third-order valence-corrected chi connectivity index (χ3v) is 4.16. The second-order valence-corrected chi connectivity index (χ2v) is 5.89. The van der Waals surface area contributed by atoms with Crippen molar-refractivity contribution >= 4 is 0 Å². The third-order valence-electron chi connectivity index (χ3n) is 4.16. The van der Waals surface area contributed by atoms with Gasteiger partial charge in [0, 0.05) is 24.7 Å². The van der Waals surface area contributed by atoms with Gasteiger partial charge in [0.15, 0.2) is 0 Å². The van der Waals surface area contributed by atoms with Crippen LogP contribution in [0.3, 0.4) is 0 Å². The van der Waals surface area contributed by atoms with Crippen molar-refractivity contribution in [2.45, 2.75) is 37.8 Å². The van der Waals surface area contributed by atoms with Crippen LogP contribution in [0.2, 0.25) is 0 Å². The fraction of sp³-hybridized carbons (Fsp3) is 0.625. The fourth-order valence-electron chi connectivity index (χ4n) is 2.71. The maximum Gasteiger partial charge on any atom is 0.124 e. The van der Waals surface area contributed by atoms with Crippen molar-refractivity contribution in [3.05, 3.63) is 29.8 Å². The topological polar surface area (TPSA) is 32.7 Å². The molecule has 0 bridgehead atoms. The zero-order valence-electron chi connectivity index (χ0n) is 11.6. The number of hydrogen-bond donors (Lipinski definition) is 1. The van der Waals surface area contributed by atoms with Gasteiger partial charge >= 0.3 is 0 Å². The lowest BCUT2D eigenvalue weighted by Gasteiger charge is -2.25. The molecule has 2 aliphatic carbocycles. The van der Waals surface area contributed by atoms with Crippen molar-refractivity contribution in [2.75, 3.05) is 20.2 Å². The number of methoxy groups -OCH3 is 1. The molecule has 0 aliphatic heterocycles. The highest BCUT2D eigenvalue weighted by Crippen LogP contribution is 2.36. The first-order valence-electron chi connectivity index (χ1n) is 7.33. The minimum atomic E-state index is -0.449. The van der Waals surface area contributed by atoms with Crippen LogP contribution in [0.5, 0.6) is 5.75 Å². The number of aliphatic hydroxyl groups excluding tert-OH is 1. The standard InChI is InChI=1S/C16H23NO2/c1-19-16-5-3-2-4-14(16)15(18)11-17(13-8-9-13)10-12-6-7-12/h2-5,12-13,15,18H,6-11H2,1H3. The van der Waals surface area contributed by atoms with Crippen LogP contribution in [0.4, 0.5) is 0 Å². The van der Waals surface area contributed by atoms with Gasteiger partial charge < -0.3 is 9.84 Å². The van der Waals surface area contributed by atoms with Crippen molar-refractivity contribution in [1.82, 2.24) is 4.90 Å². The van der Waals surface area contributed by atoms with E-state index in [0.717, 1.165) is 30.3 Å². The van der Waals surface area contributed by atoms with Gasteiger partial charge in [0.05, 0.1) is 13.2 Å². The van der Waals surface area contributed by atoms with Gasteiger partial charge in [-0.05, 0) is 37.7 Å². The van der Waals surface area contributed by atoms with E-state index in [4.69, 9.17) is 4.74 Å². The summed E-state index contributed by atoms with van der Waals surface area (Å²) in [6, 6.07) is 8.50. The van der Waals surface area contributed by atoms with Crippen molar-refractivity contribution in [3.63, 3.8) is 0 Å². The Morgan fingerprint density at radius 1 is 1.26 bits per heavy atom. The minimum absolute atomic E-state index is 0.449. The van der Waals surface area contributed by atoms with E-state index in [1.807, 2.05) is 24.3 Å². The number of rotatable bonds is 7. The SMILES string of the molecule is COc1ccccc1C(O)CN(CC1CC1)C1CC1. The molecular weight excluding hydrogens is 238 g/mol. The van der Waals surface area contributed by atoms with Crippen LogP contribution in [-0.2, 0) is 0 Å². The lowest BCUT2D eigenvalue weighted by Crippen LogP contribution is -2.32. The molecule has 0 heterocycles. The fourth-order valence-corrected chi connectivity index (χ4v) is 2.71. The molecule has 0 radical (unpaired) electrons. The average molecular weight is 261 g/mol. The summed E-state index contributed by atoms with van der Waals surface area (Å²) in [5, 5.41) is 10.5. The largest absolute Gasteiger partial charge is 0.496 e. The Morgan fingerprint density at radius 2 is 2.00 bits per heavy atom. The van der Waals surface area contributed by atoms with E-state index in [1.54, 1.807) is 7.11 Å². The van der Waals surface area contributed by atoms with Crippen LogP contribution in [0.25, 0.3) is 0 Å². The average Bonchev–Trinajstić information content (AvgIpc) is 3.29. The molecule has 1 atom stereocenters. The predicted molar refractivity (Wildman–Crippen MR) is 75.3 cm³/mol. The molecule has 3 rings (SSSR count). The van der Waals surface area contributed by atoms with Gasteiger partial charge in [-0.1, -0.05) is 18.2 Å². The second-order valence-electron chi connectivity index (χ2n) is 5.89. The zero-order valence-corrected chi connectivity index (χ0v) is 11.6. The molecule has 1 unspecified atom stereocenters. The lowest BCUT2D eigenvalue weighted by molar-refractivity contribution is 0.103. The molecule has 2 aliphatic rings. The molecule has 2 fully saturated rings. The van der Waals surface area contributed by atoms with Crippen LogP contribution in [0, 0.1) is 5.92 Å². The van der Waals surface area contributed by atoms with E-state index in [-0.39, 0.29) is 0 Å². The normalized spacial score (nSPS) is 20.6. The van der Waals surface area contributed by atoms with E-state index < -0.39 is 6.10 Å². The van der Waals surface area contributed by atoms with Crippen molar-refractivity contribution in [1.29, 1.82) is 0 Å². The summed E-state index contributed by atoms with van der Waals surface area (Å²) in [5.41, 5.74) is 0.909. The number of benzene rings is 1. The third kappa shape index (κ3) is 3.28. The number of para-hydroxylation sites is 1. The van der Waals surface area contributed by atoms with Crippen molar-refractivity contribution in [2.24, 2.45) is 5.92 Å². The maximum absolute atomic E-state index is 10.5. The molecule has 0 spiro atoms. The van der Waals surface area contributed by atoms with Gasteiger partial charge in [-0.2, -0.15) is 0 Å². The Kier molecular flexibility index (Phi) is 3.76. The first-order chi connectivity index (χ1) is 9.28. The van der Waals surface area contributed by atoms with Crippen molar-refractivity contribution in [3.8, 4) is 5.75 Å². The van der Waals surface area contributed by atoms with Gasteiger partial charge in [0.1, 0.15) is 5.75 Å². The number of hydrogen-bond acceptors (Lipinski definition) is 3. The van der Waals surface area contributed by atoms with Gasteiger partial charge in [-0.3, -0.25) is 4.90 Å². The highest BCUT2D eigenvalue weighted by atomic mass is 16.5. The molecule has 1 aromatic carbocycles. The minimum Gasteiger partial charge on any atom is -0.496 e. The molecule has 0 amide bonds. The molecule has 2 saturated carbocycles. The van der Waals surface area contributed by atoms with Gasteiger partial charge in [0.25, 0.3) is 0 Å². The monoisotopic (exact) mass is 261 g/mol. The summed E-state index contributed by atoms with van der Waals surface area (Å²) in [7, 11) is 1.66. The highest BCUT2D eigenvalue weighted by Gasteiger charge is 2.34. The van der Waals surface area contributed by atoms with E-state index in [0.29, 0.717) is 6.04 Å². The molecule has 19 heavy (non-hydrogen) atoms. The predicted octanol–water partition coefficient (Wildman–Crippen LogP) is 2.60. The smallest absolute Gasteiger partial charge is 0.124 e. The molecule has 0 saturated heterocycles. The van der Waals surface area contributed by atoms with Gasteiger partial charge in [-0.15, -0.1) is 0 Å². The van der Waals surface area contributed by atoms with Crippen LogP contribution in [0.15, 0.2) is 24.3 Å². The summed E-state index contributed by atoms with van der Waals surface area (Å²) < 4.78 is 5.34. The molecule has 1 N–H and O–H groups in total. The van der Waals surface area contributed by atoms with Crippen LogP contribution >= 0.6 is 0 Å². The summed E-state index contributed by atoms with van der Waals surface area (Å²) in [4.78, 5) is 2.48. The van der Waals surface area contributed by atoms with Crippen LogP contribution < -0.4 is 4.74 Å². The first kappa shape index (κ1) is 12.9.